The van der Waals surface area contributed by atoms with Gasteiger partial charge in [0.1, 0.15) is 17.8 Å². The summed E-state index contributed by atoms with van der Waals surface area (Å²) < 4.78 is 21.1. The number of aromatic nitrogens is 4. The van der Waals surface area contributed by atoms with E-state index in [0.29, 0.717) is 29.6 Å². The van der Waals surface area contributed by atoms with Gasteiger partial charge in [-0.1, -0.05) is 29.4 Å². The molecule has 0 N–H and O–H groups in total. The van der Waals surface area contributed by atoms with Gasteiger partial charge in [0.15, 0.2) is 0 Å². The van der Waals surface area contributed by atoms with E-state index in [1.54, 1.807) is 24.0 Å². The van der Waals surface area contributed by atoms with Gasteiger partial charge in [0.05, 0.1) is 30.0 Å². The van der Waals surface area contributed by atoms with Gasteiger partial charge in [0.2, 0.25) is 11.7 Å². The van der Waals surface area contributed by atoms with E-state index in [0.717, 1.165) is 18.8 Å². The van der Waals surface area contributed by atoms with Gasteiger partial charge in [0, 0.05) is 20.1 Å². The average Bonchev–Trinajstić information content (AvgIpc) is 3.50. The van der Waals surface area contributed by atoms with Crippen molar-refractivity contribution in [1.82, 2.24) is 29.5 Å². The first kappa shape index (κ1) is 21.3. The van der Waals surface area contributed by atoms with E-state index in [9.17, 15) is 9.18 Å². The SMILES string of the molecule is CN1Cc2c(-c3noc(CN4Cc5ccccc5C4)n3)ncn2-c2ccc(F)cc2C1=O.Cl. The van der Waals surface area contributed by atoms with E-state index >= 15 is 0 Å². The summed E-state index contributed by atoms with van der Waals surface area (Å²) in [7, 11) is 1.68. The van der Waals surface area contributed by atoms with Gasteiger partial charge in [-0.15, -0.1) is 12.4 Å². The van der Waals surface area contributed by atoms with Gasteiger partial charge in [-0.25, -0.2) is 9.37 Å². The Labute approximate surface area is 195 Å². The molecule has 0 unspecified atom stereocenters. The highest BCUT2D eigenvalue weighted by molar-refractivity contribution is 5.98. The van der Waals surface area contributed by atoms with Crippen molar-refractivity contribution in [2.24, 2.45) is 0 Å². The molecule has 1 amide bonds. The number of benzene rings is 2. The van der Waals surface area contributed by atoms with Crippen LogP contribution in [-0.4, -0.2) is 42.4 Å². The molecule has 0 fully saturated rings. The molecule has 4 heterocycles. The first-order valence-electron chi connectivity index (χ1n) is 10.3. The van der Waals surface area contributed by atoms with Crippen molar-refractivity contribution in [2.45, 2.75) is 26.2 Å². The number of imidazole rings is 1. The summed E-state index contributed by atoms with van der Waals surface area (Å²) in [6.07, 6.45) is 1.61. The molecule has 2 aromatic heterocycles. The van der Waals surface area contributed by atoms with Crippen molar-refractivity contribution < 1.29 is 13.7 Å². The fourth-order valence-electron chi connectivity index (χ4n) is 4.43. The summed E-state index contributed by atoms with van der Waals surface area (Å²) in [5, 5.41) is 4.15. The van der Waals surface area contributed by atoms with Crippen LogP contribution < -0.4 is 0 Å². The van der Waals surface area contributed by atoms with Crippen LogP contribution in [0, 0.1) is 5.82 Å². The van der Waals surface area contributed by atoms with E-state index in [4.69, 9.17) is 4.52 Å². The maximum Gasteiger partial charge on any atom is 0.256 e. The van der Waals surface area contributed by atoms with Crippen LogP contribution in [0.1, 0.15) is 33.1 Å². The molecule has 33 heavy (non-hydrogen) atoms. The third-order valence-corrected chi connectivity index (χ3v) is 5.99. The standard InChI is InChI=1S/C23H19FN6O2.ClH/c1-28-11-19-21(25-13-30(19)18-7-6-16(24)8-17(18)23(28)31)22-26-20(32-27-22)12-29-9-14-4-2-3-5-15(14)10-29;/h2-8,13H,9-12H2,1H3;1H. The highest BCUT2D eigenvalue weighted by Gasteiger charge is 2.29. The van der Waals surface area contributed by atoms with Gasteiger partial charge in [-0.2, -0.15) is 4.98 Å². The zero-order valence-corrected chi connectivity index (χ0v) is 18.5. The molecule has 2 aromatic carbocycles. The molecule has 0 aliphatic carbocycles. The minimum Gasteiger partial charge on any atom is -0.337 e. The Bertz CT molecular complexity index is 1340. The molecule has 0 radical (unpaired) electrons. The molecule has 0 saturated carbocycles. The summed E-state index contributed by atoms with van der Waals surface area (Å²) in [6.45, 7) is 2.51. The molecule has 0 saturated heterocycles. The van der Waals surface area contributed by atoms with Gasteiger partial charge in [-0.05, 0) is 29.3 Å². The molecular weight excluding hydrogens is 447 g/mol. The van der Waals surface area contributed by atoms with Crippen LogP contribution in [0.5, 0.6) is 0 Å². The third-order valence-electron chi connectivity index (χ3n) is 5.99. The van der Waals surface area contributed by atoms with Crippen LogP contribution in [0.2, 0.25) is 0 Å². The van der Waals surface area contributed by atoms with E-state index in [1.807, 2.05) is 12.1 Å². The zero-order chi connectivity index (χ0) is 21.8. The Hall–Kier alpha value is -3.56. The molecular formula is C23H20ClFN6O2. The summed E-state index contributed by atoms with van der Waals surface area (Å²) in [6, 6.07) is 12.5. The smallest absolute Gasteiger partial charge is 0.256 e. The molecule has 0 bridgehead atoms. The van der Waals surface area contributed by atoms with Crippen molar-refractivity contribution in [3.05, 3.63) is 82.9 Å². The molecule has 0 spiro atoms. The lowest BCUT2D eigenvalue weighted by molar-refractivity contribution is 0.0787. The summed E-state index contributed by atoms with van der Waals surface area (Å²) in [5.41, 5.74) is 4.78. The highest BCUT2D eigenvalue weighted by atomic mass is 35.5. The lowest BCUT2D eigenvalue weighted by atomic mass is 10.1. The summed E-state index contributed by atoms with van der Waals surface area (Å²) in [5.74, 6) is 0.171. The molecule has 0 atom stereocenters. The third kappa shape index (κ3) is 3.59. The first-order chi connectivity index (χ1) is 15.6. The second-order valence-electron chi connectivity index (χ2n) is 8.16. The summed E-state index contributed by atoms with van der Waals surface area (Å²) in [4.78, 5) is 25.6. The van der Waals surface area contributed by atoms with Gasteiger partial charge in [0.25, 0.3) is 5.91 Å². The largest absolute Gasteiger partial charge is 0.337 e. The molecule has 10 heteroatoms. The monoisotopic (exact) mass is 466 g/mol. The lowest BCUT2D eigenvalue weighted by Crippen LogP contribution is -2.25. The van der Waals surface area contributed by atoms with Crippen LogP contribution in [-0.2, 0) is 26.2 Å². The number of amides is 1. The second kappa shape index (κ2) is 8.09. The Morgan fingerprint density at radius 3 is 2.61 bits per heavy atom. The topological polar surface area (TPSA) is 80.3 Å². The van der Waals surface area contributed by atoms with Crippen LogP contribution in [0.4, 0.5) is 4.39 Å². The second-order valence-corrected chi connectivity index (χ2v) is 8.16. The fraction of sp³-hybridized carbons (Fsp3) is 0.217. The van der Waals surface area contributed by atoms with Crippen molar-refractivity contribution in [3.8, 4) is 17.2 Å². The predicted octanol–water partition coefficient (Wildman–Crippen LogP) is 3.58. The predicted molar refractivity (Wildman–Crippen MR) is 119 cm³/mol. The number of carbonyl (C=O) groups is 1. The van der Waals surface area contributed by atoms with Crippen molar-refractivity contribution in [3.63, 3.8) is 0 Å². The molecule has 2 aliphatic heterocycles. The molecule has 4 aromatic rings. The molecule has 2 aliphatic rings. The number of nitrogens with zero attached hydrogens (tertiary/aromatic N) is 6. The van der Waals surface area contributed by atoms with E-state index < -0.39 is 5.82 Å². The first-order valence-corrected chi connectivity index (χ1v) is 10.3. The fourth-order valence-corrected chi connectivity index (χ4v) is 4.43. The van der Waals surface area contributed by atoms with Crippen molar-refractivity contribution in [1.29, 1.82) is 0 Å². The maximum atomic E-state index is 13.8. The molecule has 168 valence electrons. The van der Waals surface area contributed by atoms with Crippen LogP contribution in [0.25, 0.3) is 17.2 Å². The average molecular weight is 467 g/mol. The summed E-state index contributed by atoms with van der Waals surface area (Å²) >= 11 is 0. The van der Waals surface area contributed by atoms with Crippen LogP contribution in [0.3, 0.4) is 0 Å². The Balaban J connectivity index is 0.00000228. The van der Waals surface area contributed by atoms with Crippen molar-refractivity contribution >= 4 is 18.3 Å². The quantitative estimate of drug-likeness (QED) is 0.459. The normalized spacial score (nSPS) is 15.0. The van der Waals surface area contributed by atoms with Gasteiger partial charge < -0.3 is 9.42 Å². The Kier molecular flexibility index (Phi) is 5.22. The van der Waals surface area contributed by atoms with E-state index in [1.165, 1.54) is 28.2 Å². The van der Waals surface area contributed by atoms with Gasteiger partial charge in [-0.3, -0.25) is 14.3 Å². The van der Waals surface area contributed by atoms with Crippen LogP contribution >= 0.6 is 12.4 Å². The number of hydrogen-bond donors (Lipinski definition) is 0. The van der Waals surface area contributed by atoms with Crippen molar-refractivity contribution in [2.75, 3.05) is 7.05 Å². The minimum atomic E-state index is -0.457. The number of fused-ring (bicyclic) bond motifs is 4. The number of rotatable bonds is 3. The number of carbonyl (C=O) groups excluding carboxylic acids is 1. The van der Waals surface area contributed by atoms with Crippen LogP contribution in [0.15, 0.2) is 53.3 Å². The number of halogens is 2. The van der Waals surface area contributed by atoms with E-state index in [-0.39, 0.29) is 30.4 Å². The molecule has 6 rings (SSSR count). The maximum absolute atomic E-state index is 13.8. The molecule has 8 nitrogen and oxygen atoms in total. The van der Waals surface area contributed by atoms with E-state index in [2.05, 4.69) is 32.2 Å². The highest BCUT2D eigenvalue weighted by Crippen LogP contribution is 2.30. The zero-order valence-electron chi connectivity index (χ0n) is 17.7. The Morgan fingerprint density at radius 2 is 1.85 bits per heavy atom. The lowest BCUT2D eigenvalue weighted by Gasteiger charge is -2.14. The Morgan fingerprint density at radius 1 is 1.09 bits per heavy atom. The number of hydrogen-bond acceptors (Lipinski definition) is 6. The minimum absolute atomic E-state index is 0. The van der Waals surface area contributed by atoms with Gasteiger partial charge >= 0.3 is 0 Å².